The predicted molar refractivity (Wildman–Crippen MR) is 94.9 cm³/mol. The first-order valence-electron chi connectivity index (χ1n) is 8.00. The third-order valence-corrected chi connectivity index (χ3v) is 4.65. The summed E-state index contributed by atoms with van der Waals surface area (Å²) in [6.07, 6.45) is 4.36. The second kappa shape index (κ2) is 8.72. The van der Waals surface area contributed by atoms with Crippen molar-refractivity contribution in [1.29, 1.82) is 0 Å². The summed E-state index contributed by atoms with van der Waals surface area (Å²) >= 11 is 1.31. The van der Waals surface area contributed by atoms with E-state index in [2.05, 4.69) is 17.2 Å². The normalized spacial score (nSPS) is 10.9. The number of fused-ring (bicyclic) bond motifs is 1. The van der Waals surface area contributed by atoms with E-state index in [4.69, 9.17) is 0 Å². The monoisotopic (exact) mass is 333 g/mol. The number of hydrogen-bond donors (Lipinski definition) is 1. The minimum Gasteiger partial charge on any atom is -0.358 e. The highest BCUT2D eigenvalue weighted by molar-refractivity contribution is 7.99. The Morgan fingerprint density at radius 1 is 1.26 bits per heavy atom. The average molecular weight is 333 g/mol. The SMILES string of the molecule is CCCCCCn1c(SCC(=O)NC)nc2ccccc2c1=O. The van der Waals surface area contributed by atoms with E-state index in [1.165, 1.54) is 11.8 Å². The largest absolute Gasteiger partial charge is 0.358 e. The van der Waals surface area contributed by atoms with Gasteiger partial charge >= 0.3 is 0 Å². The van der Waals surface area contributed by atoms with Gasteiger partial charge < -0.3 is 5.32 Å². The molecule has 6 heteroatoms. The molecule has 5 nitrogen and oxygen atoms in total. The van der Waals surface area contributed by atoms with E-state index in [9.17, 15) is 9.59 Å². The molecule has 0 bridgehead atoms. The second-order valence-electron chi connectivity index (χ2n) is 5.39. The van der Waals surface area contributed by atoms with Gasteiger partial charge in [-0.25, -0.2) is 4.98 Å². The molecular weight excluding hydrogens is 310 g/mol. The first kappa shape index (κ1) is 17.5. The van der Waals surface area contributed by atoms with Crippen LogP contribution in [0, 0.1) is 0 Å². The summed E-state index contributed by atoms with van der Waals surface area (Å²) in [5, 5.41) is 3.84. The van der Waals surface area contributed by atoms with Crippen LogP contribution in [0.3, 0.4) is 0 Å². The molecule has 1 heterocycles. The molecule has 2 rings (SSSR count). The van der Waals surface area contributed by atoms with Crippen LogP contribution in [0.15, 0.2) is 34.2 Å². The van der Waals surface area contributed by atoms with Crippen molar-refractivity contribution < 1.29 is 4.79 Å². The summed E-state index contributed by atoms with van der Waals surface area (Å²) in [7, 11) is 1.61. The van der Waals surface area contributed by atoms with Gasteiger partial charge in [0.15, 0.2) is 5.16 Å². The Balaban J connectivity index is 2.32. The highest BCUT2D eigenvalue weighted by atomic mass is 32.2. The van der Waals surface area contributed by atoms with Crippen molar-refractivity contribution in [3.63, 3.8) is 0 Å². The summed E-state index contributed by atoms with van der Waals surface area (Å²) in [5.74, 6) is 0.186. The van der Waals surface area contributed by atoms with Crippen LogP contribution >= 0.6 is 11.8 Å². The van der Waals surface area contributed by atoms with Gasteiger partial charge in [-0.05, 0) is 18.6 Å². The molecule has 0 aliphatic carbocycles. The van der Waals surface area contributed by atoms with Crippen LogP contribution in [0.1, 0.15) is 32.6 Å². The molecule has 124 valence electrons. The molecule has 0 atom stereocenters. The third kappa shape index (κ3) is 4.58. The van der Waals surface area contributed by atoms with Crippen LogP contribution in [0.4, 0.5) is 0 Å². The Bertz CT molecular complexity index is 727. The maximum absolute atomic E-state index is 12.7. The third-order valence-electron chi connectivity index (χ3n) is 3.67. The van der Waals surface area contributed by atoms with E-state index in [0.717, 1.165) is 25.7 Å². The zero-order valence-corrected chi connectivity index (χ0v) is 14.5. The molecule has 0 unspecified atom stereocenters. The molecule has 2 aromatic rings. The molecule has 0 aliphatic heterocycles. The number of carbonyl (C=O) groups is 1. The minimum atomic E-state index is -0.0741. The number of unbranched alkanes of at least 4 members (excludes halogenated alkanes) is 3. The lowest BCUT2D eigenvalue weighted by atomic mass is 10.2. The van der Waals surface area contributed by atoms with E-state index in [-0.39, 0.29) is 17.2 Å². The predicted octanol–water partition coefficient (Wildman–Crippen LogP) is 2.81. The van der Waals surface area contributed by atoms with Crippen molar-refractivity contribution in [2.24, 2.45) is 0 Å². The lowest BCUT2D eigenvalue weighted by Gasteiger charge is -2.12. The zero-order valence-electron chi connectivity index (χ0n) is 13.7. The van der Waals surface area contributed by atoms with Gasteiger partial charge in [-0.1, -0.05) is 50.1 Å². The van der Waals surface area contributed by atoms with Gasteiger partial charge in [-0.3, -0.25) is 14.2 Å². The summed E-state index contributed by atoms with van der Waals surface area (Å²) in [6, 6.07) is 7.36. The lowest BCUT2D eigenvalue weighted by molar-refractivity contribution is -0.118. The van der Waals surface area contributed by atoms with Crippen LogP contribution in [-0.4, -0.2) is 28.3 Å². The number of amides is 1. The van der Waals surface area contributed by atoms with Gasteiger partial charge in [0.1, 0.15) is 0 Å². The number of nitrogens with zero attached hydrogens (tertiary/aromatic N) is 2. The topological polar surface area (TPSA) is 64.0 Å². The van der Waals surface area contributed by atoms with Crippen molar-refractivity contribution in [2.45, 2.75) is 44.3 Å². The molecular formula is C17H23N3O2S. The second-order valence-corrected chi connectivity index (χ2v) is 6.33. The summed E-state index contributed by atoms with van der Waals surface area (Å²) < 4.78 is 1.71. The quantitative estimate of drug-likeness (QED) is 0.458. The molecule has 1 amide bonds. The maximum atomic E-state index is 12.7. The summed E-state index contributed by atoms with van der Waals surface area (Å²) in [5.41, 5.74) is 0.660. The first-order valence-corrected chi connectivity index (χ1v) is 8.99. The Hall–Kier alpha value is -1.82. The molecule has 0 radical (unpaired) electrons. The molecule has 0 aliphatic rings. The van der Waals surface area contributed by atoms with Crippen molar-refractivity contribution in [3.8, 4) is 0 Å². The Morgan fingerprint density at radius 2 is 2.04 bits per heavy atom. The smallest absolute Gasteiger partial charge is 0.262 e. The molecule has 1 N–H and O–H groups in total. The number of carbonyl (C=O) groups excluding carboxylic acids is 1. The minimum absolute atomic E-state index is 0.0218. The van der Waals surface area contributed by atoms with Gasteiger partial charge in [-0.15, -0.1) is 0 Å². The number of para-hydroxylation sites is 1. The van der Waals surface area contributed by atoms with E-state index in [1.807, 2.05) is 18.2 Å². The number of hydrogen-bond acceptors (Lipinski definition) is 4. The number of rotatable bonds is 8. The molecule has 23 heavy (non-hydrogen) atoms. The molecule has 1 aromatic carbocycles. The summed E-state index contributed by atoms with van der Waals surface area (Å²) in [4.78, 5) is 28.8. The Kier molecular flexibility index (Phi) is 6.65. The maximum Gasteiger partial charge on any atom is 0.262 e. The summed E-state index contributed by atoms with van der Waals surface area (Å²) in [6.45, 7) is 2.81. The zero-order chi connectivity index (χ0) is 16.7. The average Bonchev–Trinajstić information content (AvgIpc) is 2.58. The van der Waals surface area contributed by atoms with Gasteiger partial charge in [-0.2, -0.15) is 0 Å². The molecule has 1 aromatic heterocycles. The molecule has 0 spiro atoms. The van der Waals surface area contributed by atoms with Gasteiger partial charge in [0.05, 0.1) is 16.7 Å². The van der Waals surface area contributed by atoms with Crippen molar-refractivity contribution in [3.05, 3.63) is 34.6 Å². The highest BCUT2D eigenvalue weighted by Crippen LogP contribution is 2.18. The first-order chi connectivity index (χ1) is 11.2. The number of nitrogens with one attached hydrogen (secondary N) is 1. The lowest BCUT2D eigenvalue weighted by Crippen LogP contribution is -2.25. The fraction of sp³-hybridized carbons (Fsp3) is 0.471. The Morgan fingerprint density at radius 3 is 2.78 bits per heavy atom. The van der Waals surface area contributed by atoms with E-state index in [1.54, 1.807) is 17.7 Å². The van der Waals surface area contributed by atoms with E-state index in [0.29, 0.717) is 22.6 Å². The van der Waals surface area contributed by atoms with Crippen LogP contribution < -0.4 is 10.9 Å². The fourth-order valence-electron chi connectivity index (χ4n) is 2.35. The van der Waals surface area contributed by atoms with Crippen LogP contribution in [0.5, 0.6) is 0 Å². The molecule has 0 saturated carbocycles. The molecule has 0 saturated heterocycles. The highest BCUT2D eigenvalue weighted by Gasteiger charge is 2.12. The van der Waals surface area contributed by atoms with E-state index >= 15 is 0 Å². The Labute approximate surface area is 140 Å². The van der Waals surface area contributed by atoms with Crippen molar-refractivity contribution in [2.75, 3.05) is 12.8 Å². The van der Waals surface area contributed by atoms with Crippen LogP contribution in [-0.2, 0) is 11.3 Å². The van der Waals surface area contributed by atoms with Gasteiger partial charge in [0.25, 0.3) is 5.56 Å². The number of aromatic nitrogens is 2. The standard InChI is InChI=1S/C17H23N3O2S/c1-3-4-5-8-11-20-16(22)13-9-6-7-10-14(13)19-17(20)23-12-15(21)18-2/h6-7,9-10H,3-5,8,11-12H2,1-2H3,(H,18,21). The van der Waals surface area contributed by atoms with Crippen LogP contribution in [0.2, 0.25) is 0 Å². The van der Waals surface area contributed by atoms with Crippen LogP contribution in [0.25, 0.3) is 10.9 Å². The van der Waals surface area contributed by atoms with Gasteiger partial charge in [0.2, 0.25) is 5.91 Å². The number of thioether (sulfide) groups is 1. The van der Waals surface area contributed by atoms with Gasteiger partial charge in [0, 0.05) is 13.6 Å². The fourth-order valence-corrected chi connectivity index (χ4v) is 3.25. The van der Waals surface area contributed by atoms with Crippen molar-refractivity contribution >= 4 is 28.6 Å². The van der Waals surface area contributed by atoms with Crippen molar-refractivity contribution in [1.82, 2.24) is 14.9 Å². The van der Waals surface area contributed by atoms with E-state index < -0.39 is 0 Å². The molecule has 0 fully saturated rings. The number of benzene rings is 1.